The number of nitrogens with zero attached hydrogens (tertiary/aromatic N) is 2. The molecule has 0 radical (unpaired) electrons. The summed E-state index contributed by atoms with van der Waals surface area (Å²) in [5.74, 6) is 0.748. The van der Waals surface area contributed by atoms with Crippen LogP contribution in [-0.4, -0.2) is 23.2 Å². The number of benzene rings is 1. The van der Waals surface area contributed by atoms with Crippen molar-refractivity contribution in [1.29, 1.82) is 0 Å². The highest BCUT2D eigenvalue weighted by molar-refractivity contribution is 7.15. The minimum absolute atomic E-state index is 0.241. The fourth-order valence-corrected chi connectivity index (χ4v) is 2.07. The third kappa shape index (κ3) is 2.96. The molecule has 0 fully saturated rings. The number of amides is 1. The molecule has 0 saturated heterocycles. The van der Waals surface area contributed by atoms with Gasteiger partial charge in [-0.2, -0.15) is 0 Å². The van der Waals surface area contributed by atoms with E-state index in [2.05, 4.69) is 15.5 Å². The van der Waals surface area contributed by atoms with E-state index < -0.39 is 0 Å². The minimum atomic E-state index is -0.241. The molecular formula is C11H10ClN3O2S. The number of aromatic nitrogens is 2. The number of halogens is 1. The second kappa shape index (κ2) is 5.79. The van der Waals surface area contributed by atoms with E-state index in [0.29, 0.717) is 21.5 Å². The largest absolute Gasteiger partial charge is 0.497 e. The average Bonchev–Trinajstić information content (AvgIpc) is 2.86. The van der Waals surface area contributed by atoms with Crippen molar-refractivity contribution in [3.63, 3.8) is 0 Å². The van der Waals surface area contributed by atoms with Crippen molar-refractivity contribution >= 4 is 34.0 Å². The number of alkyl halides is 1. The topological polar surface area (TPSA) is 64.1 Å². The zero-order valence-corrected chi connectivity index (χ0v) is 11.1. The van der Waals surface area contributed by atoms with Gasteiger partial charge >= 0.3 is 0 Å². The van der Waals surface area contributed by atoms with Crippen molar-refractivity contribution in [3.8, 4) is 5.75 Å². The van der Waals surface area contributed by atoms with Gasteiger partial charge in [-0.05, 0) is 24.3 Å². The molecule has 0 aliphatic carbocycles. The van der Waals surface area contributed by atoms with Crippen LogP contribution in [0.4, 0.5) is 5.13 Å². The summed E-state index contributed by atoms with van der Waals surface area (Å²) in [6.07, 6.45) is 0. The van der Waals surface area contributed by atoms with Gasteiger partial charge in [-0.25, -0.2) is 0 Å². The predicted octanol–water partition coefficient (Wildman–Crippen LogP) is 2.54. The number of hydrogen-bond acceptors (Lipinski definition) is 5. The molecule has 1 aromatic carbocycles. The van der Waals surface area contributed by atoms with E-state index in [1.807, 2.05) is 0 Å². The molecule has 2 rings (SSSR count). The molecule has 1 heterocycles. The molecule has 0 saturated carbocycles. The molecule has 2 aromatic rings. The lowest BCUT2D eigenvalue weighted by Gasteiger charge is -2.02. The number of carbonyl (C=O) groups excluding carboxylic acids is 1. The lowest BCUT2D eigenvalue weighted by molar-refractivity contribution is 0.102. The smallest absolute Gasteiger partial charge is 0.257 e. The maximum Gasteiger partial charge on any atom is 0.257 e. The molecular weight excluding hydrogens is 274 g/mol. The maximum absolute atomic E-state index is 11.9. The Morgan fingerprint density at radius 2 is 2.11 bits per heavy atom. The molecule has 7 heteroatoms. The number of anilines is 1. The van der Waals surface area contributed by atoms with Crippen LogP contribution in [0.3, 0.4) is 0 Å². The fourth-order valence-electron chi connectivity index (χ4n) is 1.27. The van der Waals surface area contributed by atoms with Crippen LogP contribution in [0.1, 0.15) is 15.4 Å². The molecule has 1 amide bonds. The Hall–Kier alpha value is -1.66. The zero-order chi connectivity index (χ0) is 13.0. The Kier molecular flexibility index (Phi) is 4.11. The zero-order valence-electron chi connectivity index (χ0n) is 9.51. The summed E-state index contributed by atoms with van der Waals surface area (Å²) >= 11 is 6.86. The van der Waals surface area contributed by atoms with E-state index in [1.54, 1.807) is 31.4 Å². The third-order valence-corrected chi connectivity index (χ3v) is 3.40. The standard InChI is InChI=1S/C11H10ClN3O2S/c1-17-8-4-2-7(3-5-8)10(16)13-11-15-14-9(6-12)18-11/h2-5H,6H2,1H3,(H,13,15,16). The van der Waals surface area contributed by atoms with Gasteiger partial charge in [-0.3, -0.25) is 10.1 Å². The molecule has 0 unspecified atom stereocenters. The highest BCUT2D eigenvalue weighted by Gasteiger charge is 2.09. The average molecular weight is 284 g/mol. The van der Waals surface area contributed by atoms with Crippen LogP contribution >= 0.6 is 22.9 Å². The van der Waals surface area contributed by atoms with Crippen LogP contribution < -0.4 is 10.1 Å². The van der Waals surface area contributed by atoms with Crippen molar-refractivity contribution < 1.29 is 9.53 Å². The van der Waals surface area contributed by atoms with Gasteiger partial charge in [0.2, 0.25) is 5.13 Å². The molecule has 18 heavy (non-hydrogen) atoms. The number of carbonyl (C=O) groups is 1. The Balaban J connectivity index is 2.06. The second-order valence-corrected chi connectivity index (χ2v) is 4.65. The second-order valence-electron chi connectivity index (χ2n) is 3.32. The van der Waals surface area contributed by atoms with Crippen LogP contribution in [0.25, 0.3) is 0 Å². The Morgan fingerprint density at radius 3 is 2.67 bits per heavy atom. The first kappa shape index (κ1) is 12.8. The summed E-state index contributed by atoms with van der Waals surface area (Å²) in [5, 5.41) is 11.4. The van der Waals surface area contributed by atoms with Crippen LogP contribution in [0.15, 0.2) is 24.3 Å². The highest BCUT2D eigenvalue weighted by Crippen LogP contribution is 2.18. The monoisotopic (exact) mass is 283 g/mol. The molecule has 0 aliphatic rings. The highest BCUT2D eigenvalue weighted by atomic mass is 35.5. The quantitative estimate of drug-likeness (QED) is 0.876. The van der Waals surface area contributed by atoms with Gasteiger partial charge in [0.15, 0.2) is 0 Å². The van der Waals surface area contributed by atoms with Gasteiger partial charge in [0.1, 0.15) is 10.8 Å². The van der Waals surface area contributed by atoms with Crippen LogP contribution in [0.2, 0.25) is 0 Å². The molecule has 1 N–H and O–H groups in total. The van der Waals surface area contributed by atoms with Gasteiger partial charge in [0, 0.05) is 5.56 Å². The van der Waals surface area contributed by atoms with Crippen molar-refractivity contribution in [1.82, 2.24) is 10.2 Å². The molecule has 0 bridgehead atoms. The van der Waals surface area contributed by atoms with E-state index in [9.17, 15) is 4.79 Å². The van der Waals surface area contributed by atoms with E-state index in [-0.39, 0.29) is 11.8 Å². The summed E-state index contributed by atoms with van der Waals surface area (Å²) in [5.41, 5.74) is 0.526. The first-order valence-electron chi connectivity index (χ1n) is 5.06. The summed E-state index contributed by atoms with van der Waals surface area (Å²) in [7, 11) is 1.57. The summed E-state index contributed by atoms with van der Waals surface area (Å²) in [6, 6.07) is 6.80. The Labute approximate surface area is 113 Å². The third-order valence-electron chi connectivity index (χ3n) is 2.15. The van der Waals surface area contributed by atoms with Gasteiger partial charge in [0.25, 0.3) is 5.91 Å². The van der Waals surface area contributed by atoms with Gasteiger partial charge < -0.3 is 4.74 Å². The molecule has 0 atom stereocenters. The van der Waals surface area contributed by atoms with E-state index in [4.69, 9.17) is 16.3 Å². The van der Waals surface area contributed by atoms with E-state index in [0.717, 1.165) is 0 Å². The van der Waals surface area contributed by atoms with Crippen molar-refractivity contribution in [2.45, 2.75) is 5.88 Å². The number of rotatable bonds is 4. The lowest BCUT2D eigenvalue weighted by atomic mass is 10.2. The van der Waals surface area contributed by atoms with E-state index in [1.165, 1.54) is 11.3 Å². The van der Waals surface area contributed by atoms with Gasteiger partial charge in [-0.1, -0.05) is 11.3 Å². The molecule has 94 valence electrons. The van der Waals surface area contributed by atoms with Crippen LogP contribution in [0.5, 0.6) is 5.75 Å². The molecule has 0 spiro atoms. The molecule has 5 nitrogen and oxygen atoms in total. The van der Waals surface area contributed by atoms with Crippen molar-refractivity contribution in [3.05, 3.63) is 34.8 Å². The van der Waals surface area contributed by atoms with Gasteiger partial charge in [-0.15, -0.1) is 21.8 Å². The van der Waals surface area contributed by atoms with E-state index >= 15 is 0 Å². The SMILES string of the molecule is COc1ccc(C(=O)Nc2nnc(CCl)s2)cc1. The fraction of sp³-hybridized carbons (Fsp3) is 0.182. The van der Waals surface area contributed by atoms with Crippen molar-refractivity contribution in [2.24, 2.45) is 0 Å². The minimum Gasteiger partial charge on any atom is -0.497 e. The Bertz CT molecular complexity index is 541. The maximum atomic E-state index is 11.9. The predicted molar refractivity (Wildman–Crippen MR) is 70.4 cm³/mol. The first-order chi connectivity index (χ1) is 8.72. The van der Waals surface area contributed by atoms with Crippen molar-refractivity contribution in [2.75, 3.05) is 12.4 Å². The number of nitrogens with one attached hydrogen (secondary N) is 1. The molecule has 1 aromatic heterocycles. The summed E-state index contributed by atoms with van der Waals surface area (Å²) < 4.78 is 5.02. The number of ether oxygens (including phenoxy) is 1. The normalized spacial score (nSPS) is 10.1. The van der Waals surface area contributed by atoms with Gasteiger partial charge in [0.05, 0.1) is 13.0 Å². The summed E-state index contributed by atoms with van der Waals surface area (Å²) in [6.45, 7) is 0. The lowest BCUT2D eigenvalue weighted by Crippen LogP contribution is -2.11. The van der Waals surface area contributed by atoms with Crippen LogP contribution in [0, 0.1) is 0 Å². The molecule has 0 aliphatic heterocycles. The first-order valence-corrected chi connectivity index (χ1v) is 6.42. The van der Waals surface area contributed by atoms with Crippen LogP contribution in [-0.2, 0) is 5.88 Å². The summed E-state index contributed by atoms with van der Waals surface area (Å²) in [4.78, 5) is 11.9. The number of hydrogen-bond donors (Lipinski definition) is 1. The Morgan fingerprint density at radius 1 is 1.39 bits per heavy atom. The number of methoxy groups -OCH3 is 1.